The summed E-state index contributed by atoms with van der Waals surface area (Å²) in [5, 5.41) is 12.0. The van der Waals surface area contributed by atoms with Crippen LogP contribution >= 0.6 is 0 Å². The summed E-state index contributed by atoms with van der Waals surface area (Å²) in [6.45, 7) is 0. The van der Waals surface area contributed by atoms with Gasteiger partial charge in [0.2, 0.25) is 5.91 Å². The Balaban J connectivity index is 2.03. The lowest BCUT2D eigenvalue weighted by Crippen LogP contribution is -2.35. The molecule has 2 rings (SSSR count). The summed E-state index contributed by atoms with van der Waals surface area (Å²) in [7, 11) is 0. The summed E-state index contributed by atoms with van der Waals surface area (Å²) in [5.41, 5.74) is 0.849. The van der Waals surface area contributed by atoms with E-state index in [-0.39, 0.29) is 18.2 Å². The number of rotatable bonds is 5. The molecule has 1 aliphatic carbocycles. The van der Waals surface area contributed by atoms with Crippen LogP contribution in [0.25, 0.3) is 0 Å². The molecule has 0 bridgehead atoms. The first kappa shape index (κ1) is 15.5. The van der Waals surface area contributed by atoms with Crippen LogP contribution in [0.5, 0.6) is 0 Å². The molecule has 0 radical (unpaired) electrons. The van der Waals surface area contributed by atoms with Gasteiger partial charge in [0, 0.05) is 5.92 Å². The number of carbonyl (C=O) groups is 2. The van der Waals surface area contributed by atoms with Crippen LogP contribution in [0.2, 0.25) is 0 Å². The molecule has 1 aromatic rings. The van der Waals surface area contributed by atoms with Crippen molar-refractivity contribution in [3.8, 4) is 0 Å². The Morgan fingerprint density at radius 1 is 1.10 bits per heavy atom. The first-order valence-corrected chi connectivity index (χ1v) is 7.74. The second-order valence-electron chi connectivity index (χ2n) is 5.76. The predicted octanol–water partition coefficient (Wildman–Crippen LogP) is 3.29. The zero-order valence-electron chi connectivity index (χ0n) is 12.3. The fourth-order valence-electron chi connectivity index (χ4n) is 2.94. The van der Waals surface area contributed by atoms with Crippen LogP contribution in [0.15, 0.2) is 30.3 Å². The van der Waals surface area contributed by atoms with E-state index in [2.05, 4.69) is 5.32 Å². The van der Waals surface area contributed by atoms with Crippen molar-refractivity contribution in [2.75, 3.05) is 0 Å². The molecule has 1 unspecified atom stereocenters. The molecule has 114 valence electrons. The quantitative estimate of drug-likeness (QED) is 0.817. The van der Waals surface area contributed by atoms with Gasteiger partial charge in [-0.05, 0) is 18.4 Å². The van der Waals surface area contributed by atoms with Gasteiger partial charge in [0.05, 0.1) is 12.5 Å². The Kier molecular flexibility index (Phi) is 5.78. The molecule has 1 saturated carbocycles. The largest absolute Gasteiger partial charge is 0.481 e. The molecule has 0 spiro atoms. The number of hydrogen-bond donors (Lipinski definition) is 2. The Labute approximate surface area is 125 Å². The van der Waals surface area contributed by atoms with Crippen molar-refractivity contribution in [3.63, 3.8) is 0 Å². The first-order chi connectivity index (χ1) is 10.2. The number of carboxylic acid groups (broad SMARTS) is 1. The predicted molar refractivity (Wildman–Crippen MR) is 80.8 cm³/mol. The minimum absolute atomic E-state index is 0.00648. The summed E-state index contributed by atoms with van der Waals surface area (Å²) in [6.07, 6.45) is 6.32. The van der Waals surface area contributed by atoms with Crippen molar-refractivity contribution in [1.29, 1.82) is 0 Å². The number of nitrogens with one attached hydrogen (secondary N) is 1. The van der Waals surface area contributed by atoms with Gasteiger partial charge in [0.25, 0.3) is 0 Å². The molecule has 4 heteroatoms. The maximum Gasteiger partial charge on any atom is 0.305 e. The van der Waals surface area contributed by atoms with Crippen molar-refractivity contribution >= 4 is 11.9 Å². The van der Waals surface area contributed by atoms with Gasteiger partial charge in [0.1, 0.15) is 0 Å². The molecule has 0 heterocycles. The Morgan fingerprint density at radius 3 is 2.29 bits per heavy atom. The lowest BCUT2D eigenvalue weighted by Gasteiger charge is -2.21. The van der Waals surface area contributed by atoms with Gasteiger partial charge in [-0.3, -0.25) is 9.59 Å². The molecule has 1 aliphatic rings. The van der Waals surface area contributed by atoms with Gasteiger partial charge in [0.15, 0.2) is 0 Å². The van der Waals surface area contributed by atoms with Crippen molar-refractivity contribution in [1.82, 2.24) is 5.32 Å². The lowest BCUT2D eigenvalue weighted by atomic mass is 9.97. The average molecular weight is 289 g/mol. The van der Waals surface area contributed by atoms with Crippen LogP contribution in [-0.4, -0.2) is 17.0 Å². The molecular weight excluding hydrogens is 266 g/mol. The monoisotopic (exact) mass is 289 g/mol. The molecule has 0 aromatic heterocycles. The van der Waals surface area contributed by atoms with Crippen molar-refractivity contribution in [2.45, 2.75) is 51.0 Å². The summed E-state index contributed by atoms with van der Waals surface area (Å²) >= 11 is 0. The molecule has 1 aromatic carbocycles. The average Bonchev–Trinajstić information content (AvgIpc) is 2.76. The van der Waals surface area contributed by atoms with E-state index in [1.807, 2.05) is 30.3 Å². The highest BCUT2D eigenvalue weighted by molar-refractivity contribution is 5.80. The molecule has 0 aliphatic heterocycles. The molecule has 0 saturated heterocycles. The van der Waals surface area contributed by atoms with E-state index >= 15 is 0 Å². The lowest BCUT2D eigenvalue weighted by molar-refractivity contribution is -0.138. The Morgan fingerprint density at radius 2 is 1.71 bits per heavy atom. The molecule has 21 heavy (non-hydrogen) atoms. The van der Waals surface area contributed by atoms with Gasteiger partial charge in [-0.1, -0.05) is 56.0 Å². The Bertz CT molecular complexity index is 464. The van der Waals surface area contributed by atoms with E-state index < -0.39 is 12.0 Å². The number of amides is 1. The highest BCUT2D eigenvalue weighted by atomic mass is 16.4. The SMILES string of the molecule is O=C(O)CC(NC(=O)C1CCCCCC1)c1ccccc1. The van der Waals surface area contributed by atoms with E-state index in [9.17, 15) is 9.59 Å². The second-order valence-corrected chi connectivity index (χ2v) is 5.76. The minimum atomic E-state index is -0.898. The molecule has 2 N–H and O–H groups in total. The van der Waals surface area contributed by atoms with E-state index in [0.29, 0.717) is 0 Å². The summed E-state index contributed by atoms with van der Waals surface area (Å²) < 4.78 is 0. The number of aliphatic carboxylic acids is 1. The first-order valence-electron chi connectivity index (χ1n) is 7.74. The Hall–Kier alpha value is -1.84. The molecular formula is C17H23NO3. The maximum atomic E-state index is 12.4. The van der Waals surface area contributed by atoms with Crippen LogP contribution in [0, 0.1) is 5.92 Å². The molecule has 1 atom stereocenters. The van der Waals surface area contributed by atoms with Crippen LogP contribution in [0.4, 0.5) is 0 Å². The van der Waals surface area contributed by atoms with E-state index in [4.69, 9.17) is 5.11 Å². The molecule has 4 nitrogen and oxygen atoms in total. The smallest absolute Gasteiger partial charge is 0.305 e. The maximum absolute atomic E-state index is 12.4. The minimum Gasteiger partial charge on any atom is -0.481 e. The van der Waals surface area contributed by atoms with Gasteiger partial charge >= 0.3 is 5.97 Å². The molecule has 1 fully saturated rings. The van der Waals surface area contributed by atoms with Crippen LogP contribution in [0.3, 0.4) is 0 Å². The van der Waals surface area contributed by atoms with Gasteiger partial charge < -0.3 is 10.4 Å². The van der Waals surface area contributed by atoms with E-state index in [0.717, 1.165) is 31.2 Å². The van der Waals surface area contributed by atoms with E-state index in [1.54, 1.807) is 0 Å². The third kappa shape index (κ3) is 4.88. The number of benzene rings is 1. The normalized spacial score (nSPS) is 17.7. The van der Waals surface area contributed by atoms with Crippen LogP contribution in [0.1, 0.15) is 56.6 Å². The summed E-state index contributed by atoms with van der Waals surface area (Å²) in [4.78, 5) is 23.5. The summed E-state index contributed by atoms with van der Waals surface area (Å²) in [5.74, 6) is -0.857. The standard InChI is InChI=1S/C17H23NO3/c19-16(20)12-15(13-8-6-3-7-9-13)18-17(21)14-10-4-1-2-5-11-14/h3,6-9,14-15H,1-2,4-5,10-12H2,(H,18,21)(H,19,20). The van der Waals surface area contributed by atoms with Crippen LogP contribution in [-0.2, 0) is 9.59 Å². The van der Waals surface area contributed by atoms with Gasteiger partial charge in [-0.25, -0.2) is 0 Å². The van der Waals surface area contributed by atoms with Crippen molar-refractivity contribution in [2.24, 2.45) is 5.92 Å². The second kappa shape index (κ2) is 7.81. The highest BCUT2D eigenvalue weighted by Gasteiger charge is 2.24. The topological polar surface area (TPSA) is 66.4 Å². The van der Waals surface area contributed by atoms with E-state index in [1.165, 1.54) is 12.8 Å². The fourth-order valence-corrected chi connectivity index (χ4v) is 2.94. The van der Waals surface area contributed by atoms with Crippen LogP contribution < -0.4 is 5.32 Å². The number of carboxylic acids is 1. The molecule has 1 amide bonds. The van der Waals surface area contributed by atoms with Crippen molar-refractivity contribution < 1.29 is 14.7 Å². The zero-order valence-corrected chi connectivity index (χ0v) is 12.3. The number of hydrogen-bond acceptors (Lipinski definition) is 2. The zero-order chi connectivity index (χ0) is 15.1. The third-order valence-electron chi connectivity index (χ3n) is 4.12. The van der Waals surface area contributed by atoms with Gasteiger partial charge in [-0.2, -0.15) is 0 Å². The fraction of sp³-hybridized carbons (Fsp3) is 0.529. The van der Waals surface area contributed by atoms with Gasteiger partial charge in [-0.15, -0.1) is 0 Å². The third-order valence-corrected chi connectivity index (χ3v) is 4.12. The summed E-state index contributed by atoms with van der Waals surface area (Å²) in [6, 6.07) is 8.89. The highest BCUT2D eigenvalue weighted by Crippen LogP contribution is 2.25. The number of carbonyl (C=O) groups excluding carboxylic acids is 1. The van der Waals surface area contributed by atoms with Crippen molar-refractivity contribution in [3.05, 3.63) is 35.9 Å².